The molecule has 0 unspecified atom stereocenters. The molecule has 1 aliphatic rings. The first-order valence-electron chi connectivity index (χ1n) is 9.04. The second-order valence-corrected chi connectivity index (χ2v) is 7.77. The van der Waals surface area contributed by atoms with E-state index in [4.69, 9.17) is 9.40 Å². The average Bonchev–Trinajstić information content (AvgIpc) is 3.31. The highest BCUT2D eigenvalue weighted by Gasteiger charge is 2.30. The van der Waals surface area contributed by atoms with Gasteiger partial charge in [-0.2, -0.15) is 0 Å². The summed E-state index contributed by atoms with van der Waals surface area (Å²) in [4.78, 5) is 18.8. The third-order valence-electron chi connectivity index (χ3n) is 4.50. The second kappa shape index (κ2) is 7.60. The first-order valence-corrected chi connectivity index (χ1v) is 10.0. The number of rotatable bonds is 7. The van der Waals surface area contributed by atoms with E-state index in [2.05, 4.69) is 5.10 Å². The Kier molecular flexibility index (Phi) is 5.03. The summed E-state index contributed by atoms with van der Waals surface area (Å²) < 4.78 is 7.46. The lowest BCUT2D eigenvalue weighted by atomic mass is 10.3. The largest absolute Gasteiger partial charge is 0.464 e. The first kappa shape index (κ1) is 17.9. The van der Waals surface area contributed by atoms with Gasteiger partial charge >= 0.3 is 0 Å². The van der Waals surface area contributed by atoms with Gasteiger partial charge in [0.25, 0.3) is 0 Å². The SMILES string of the molecule is Cc1ccc(CN(C)C(=O)CSc2nc(C3CC3)n(-c3ccccc3)n2)o1. The average molecular weight is 382 g/mol. The van der Waals surface area contributed by atoms with Gasteiger partial charge in [0.2, 0.25) is 11.1 Å². The smallest absolute Gasteiger partial charge is 0.233 e. The summed E-state index contributed by atoms with van der Waals surface area (Å²) in [5.41, 5.74) is 1.01. The van der Waals surface area contributed by atoms with Gasteiger partial charge in [0.05, 0.1) is 18.0 Å². The minimum atomic E-state index is 0.0260. The van der Waals surface area contributed by atoms with Crippen LogP contribution in [0.2, 0.25) is 0 Å². The number of hydrogen-bond acceptors (Lipinski definition) is 5. The van der Waals surface area contributed by atoms with E-state index in [1.807, 2.05) is 54.1 Å². The van der Waals surface area contributed by atoms with Crippen LogP contribution in [0.1, 0.15) is 36.1 Å². The molecule has 0 atom stereocenters. The molecule has 1 aliphatic carbocycles. The Bertz CT molecular complexity index is 931. The molecule has 1 aromatic carbocycles. The summed E-state index contributed by atoms with van der Waals surface area (Å²) in [6.45, 7) is 2.36. The highest BCUT2D eigenvalue weighted by molar-refractivity contribution is 7.99. The minimum Gasteiger partial charge on any atom is -0.464 e. The van der Waals surface area contributed by atoms with Crippen molar-refractivity contribution in [1.82, 2.24) is 19.7 Å². The summed E-state index contributed by atoms with van der Waals surface area (Å²) in [5.74, 6) is 3.44. The van der Waals surface area contributed by atoms with E-state index in [9.17, 15) is 4.79 Å². The lowest BCUT2D eigenvalue weighted by molar-refractivity contribution is -0.127. The van der Waals surface area contributed by atoms with E-state index in [0.29, 0.717) is 23.4 Å². The van der Waals surface area contributed by atoms with Crippen LogP contribution in [0.5, 0.6) is 0 Å². The molecule has 1 amide bonds. The summed E-state index contributed by atoms with van der Waals surface area (Å²) in [6, 6.07) is 13.8. The molecule has 0 saturated heterocycles. The number of carbonyl (C=O) groups is 1. The quantitative estimate of drug-likeness (QED) is 0.582. The normalized spacial score (nSPS) is 13.7. The molecule has 4 rings (SSSR count). The summed E-state index contributed by atoms with van der Waals surface area (Å²) in [5, 5.41) is 5.29. The molecule has 1 saturated carbocycles. The fourth-order valence-electron chi connectivity index (χ4n) is 2.86. The van der Waals surface area contributed by atoms with Crippen molar-refractivity contribution >= 4 is 17.7 Å². The predicted octanol–water partition coefficient (Wildman–Crippen LogP) is 3.80. The molecule has 0 aliphatic heterocycles. The molecule has 2 heterocycles. The molecule has 6 nitrogen and oxygen atoms in total. The van der Waals surface area contributed by atoms with Crippen molar-refractivity contribution in [3.8, 4) is 5.69 Å². The van der Waals surface area contributed by atoms with Gasteiger partial charge < -0.3 is 9.32 Å². The van der Waals surface area contributed by atoms with Gasteiger partial charge in [0, 0.05) is 13.0 Å². The number of aryl methyl sites for hydroxylation is 1. The Balaban J connectivity index is 1.41. The van der Waals surface area contributed by atoms with Crippen molar-refractivity contribution in [2.75, 3.05) is 12.8 Å². The van der Waals surface area contributed by atoms with Crippen LogP contribution < -0.4 is 0 Å². The van der Waals surface area contributed by atoms with Crippen LogP contribution in [0, 0.1) is 6.92 Å². The number of aromatic nitrogens is 3. The zero-order valence-corrected chi connectivity index (χ0v) is 16.3. The third-order valence-corrected chi connectivity index (χ3v) is 5.32. The second-order valence-electron chi connectivity index (χ2n) is 6.83. The fourth-order valence-corrected chi connectivity index (χ4v) is 3.63. The van der Waals surface area contributed by atoms with Crippen LogP contribution in [-0.2, 0) is 11.3 Å². The van der Waals surface area contributed by atoms with Gasteiger partial charge in [-0.15, -0.1) is 5.10 Å². The molecule has 140 valence electrons. The Morgan fingerprint density at radius 1 is 1.26 bits per heavy atom. The Morgan fingerprint density at radius 2 is 2.04 bits per heavy atom. The van der Waals surface area contributed by atoms with Crippen LogP contribution in [0.4, 0.5) is 0 Å². The van der Waals surface area contributed by atoms with Crippen molar-refractivity contribution in [2.24, 2.45) is 0 Å². The molecule has 3 aromatic rings. The molecule has 0 spiro atoms. The van der Waals surface area contributed by atoms with Crippen molar-refractivity contribution in [3.05, 3.63) is 59.8 Å². The van der Waals surface area contributed by atoms with Crippen molar-refractivity contribution in [3.63, 3.8) is 0 Å². The van der Waals surface area contributed by atoms with Crippen molar-refractivity contribution < 1.29 is 9.21 Å². The summed E-state index contributed by atoms with van der Waals surface area (Å²) in [7, 11) is 1.78. The van der Waals surface area contributed by atoms with Crippen LogP contribution in [0.25, 0.3) is 5.69 Å². The number of thioether (sulfide) groups is 1. The van der Waals surface area contributed by atoms with Gasteiger partial charge in [-0.3, -0.25) is 4.79 Å². The zero-order chi connectivity index (χ0) is 18.8. The number of nitrogens with zero attached hydrogens (tertiary/aromatic N) is 4. The molecular formula is C20H22N4O2S. The van der Waals surface area contributed by atoms with Crippen LogP contribution in [0.3, 0.4) is 0 Å². The van der Waals surface area contributed by atoms with Gasteiger partial charge in [-0.05, 0) is 44.0 Å². The lowest BCUT2D eigenvalue weighted by Crippen LogP contribution is -2.27. The molecule has 2 aromatic heterocycles. The predicted molar refractivity (Wildman–Crippen MR) is 104 cm³/mol. The van der Waals surface area contributed by atoms with E-state index >= 15 is 0 Å². The molecular weight excluding hydrogens is 360 g/mol. The zero-order valence-electron chi connectivity index (χ0n) is 15.5. The standard InChI is InChI=1S/C20H22N4O2S/c1-14-8-11-17(26-14)12-23(2)18(25)13-27-20-21-19(15-9-10-15)24(22-20)16-6-4-3-5-7-16/h3-8,11,15H,9-10,12-13H2,1-2H3. The van der Waals surface area contributed by atoms with Gasteiger partial charge in [-0.1, -0.05) is 30.0 Å². The van der Waals surface area contributed by atoms with Crippen molar-refractivity contribution in [1.29, 1.82) is 0 Å². The van der Waals surface area contributed by atoms with E-state index in [1.165, 1.54) is 11.8 Å². The fraction of sp³-hybridized carbons (Fsp3) is 0.350. The Morgan fingerprint density at radius 3 is 2.70 bits per heavy atom. The van der Waals surface area contributed by atoms with Crippen LogP contribution >= 0.6 is 11.8 Å². The minimum absolute atomic E-state index is 0.0260. The number of amides is 1. The maximum atomic E-state index is 12.4. The maximum Gasteiger partial charge on any atom is 0.233 e. The van der Waals surface area contributed by atoms with E-state index in [1.54, 1.807) is 11.9 Å². The number of benzene rings is 1. The van der Waals surface area contributed by atoms with Crippen LogP contribution in [-0.4, -0.2) is 38.4 Å². The van der Waals surface area contributed by atoms with Gasteiger partial charge in [0.1, 0.15) is 17.3 Å². The number of carbonyl (C=O) groups excluding carboxylic acids is 1. The summed E-state index contributed by atoms with van der Waals surface area (Å²) >= 11 is 1.38. The lowest BCUT2D eigenvalue weighted by Gasteiger charge is -2.14. The Hall–Kier alpha value is -2.54. The highest BCUT2D eigenvalue weighted by Crippen LogP contribution is 2.40. The van der Waals surface area contributed by atoms with Crippen LogP contribution in [0.15, 0.2) is 52.0 Å². The monoisotopic (exact) mass is 382 g/mol. The molecule has 7 heteroatoms. The highest BCUT2D eigenvalue weighted by atomic mass is 32.2. The van der Waals surface area contributed by atoms with E-state index in [0.717, 1.165) is 35.9 Å². The Labute approximate surface area is 162 Å². The van der Waals surface area contributed by atoms with E-state index in [-0.39, 0.29) is 5.91 Å². The third kappa shape index (κ3) is 4.24. The van der Waals surface area contributed by atoms with Gasteiger partial charge in [0.15, 0.2) is 0 Å². The summed E-state index contributed by atoms with van der Waals surface area (Å²) in [6.07, 6.45) is 2.31. The van der Waals surface area contributed by atoms with Crippen molar-refractivity contribution in [2.45, 2.75) is 37.4 Å². The molecule has 0 radical (unpaired) electrons. The maximum absolute atomic E-state index is 12.4. The van der Waals surface area contributed by atoms with Gasteiger partial charge in [-0.25, -0.2) is 9.67 Å². The van der Waals surface area contributed by atoms with E-state index < -0.39 is 0 Å². The molecule has 27 heavy (non-hydrogen) atoms. The topological polar surface area (TPSA) is 64.2 Å². The number of hydrogen-bond donors (Lipinski definition) is 0. The first-order chi connectivity index (χ1) is 13.1. The number of furan rings is 1. The molecule has 0 N–H and O–H groups in total. The molecule has 1 fully saturated rings. The number of para-hydroxylation sites is 1. The molecule has 0 bridgehead atoms.